The van der Waals surface area contributed by atoms with Gasteiger partial charge in [-0.3, -0.25) is 0 Å². The van der Waals surface area contributed by atoms with E-state index in [1.807, 2.05) is 0 Å². The van der Waals surface area contributed by atoms with Gasteiger partial charge in [-0.25, -0.2) is 13.8 Å². The van der Waals surface area contributed by atoms with Gasteiger partial charge in [0, 0.05) is 15.8 Å². The number of aromatic nitrogens is 1. The number of thiophene rings is 1. The predicted octanol–water partition coefficient (Wildman–Crippen LogP) is 3.52. The van der Waals surface area contributed by atoms with Crippen LogP contribution in [-0.2, 0) is 19.4 Å². The molecule has 1 aliphatic rings. The molecule has 1 N–H and O–H groups in total. The molecule has 0 bridgehead atoms. The number of hydrogen-bond acceptors (Lipinski definition) is 3. The number of fused-ring (bicyclic) bond motifs is 1. The quantitative estimate of drug-likeness (QED) is 0.919. The van der Waals surface area contributed by atoms with Crippen LogP contribution in [0.15, 0.2) is 18.3 Å². The van der Waals surface area contributed by atoms with Crippen LogP contribution in [-0.4, -0.2) is 4.98 Å². The fourth-order valence-corrected chi connectivity index (χ4v) is 3.39. The number of nitrogens with one attached hydrogen (secondary N) is 1. The minimum absolute atomic E-state index is 0.102. The van der Waals surface area contributed by atoms with Gasteiger partial charge in [0.15, 0.2) is 11.6 Å². The Balaban J connectivity index is 1.70. The molecular weight excluding hydrogens is 254 g/mol. The summed E-state index contributed by atoms with van der Waals surface area (Å²) in [5, 5.41) is 2.90. The van der Waals surface area contributed by atoms with E-state index in [0.717, 1.165) is 25.1 Å². The van der Waals surface area contributed by atoms with Crippen molar-refractivity contribution in [3.05, 3.63) is 45.3 Å². The number of anilines is 1. The molecule has 94 valence electrons. The lowest BCUT2D eigenvalue weighted by molar-refractivity contribution is 0.575. The van der Waals surface area contributed by atoms with Gasteiger partial charge < -0.3 is 5.32 Å². The summed E-state index contributed by atoms with van der Waals surface area (Å²) in [6, 6.07) is 3.01. The molecule has 0 saturated heterocycles. The van der Waals surface area contributed by atoms with E-state index in [2.05, 4.69) is 16.4 Å². The largest absolute Gasteiger partial charge is 0.363 e. The second kappa shape index (κ2) is 4.65. The highest BCUT2D eigenvalue weighted by atomic mass is 32.1. The molecule has 0 atom stereocenters. The van der Waals surface area contributed by atoms with Crippen molar-refractivity contribution in [1.82, 2.24) is 4.98 Å². The van der Waals surface area contributed by atoms with Crippen LogP contribution in [0.2, 0.25) is 0 Å². The first kappa shape index (κ1) is 11.6. The summed E-state index contributed by atoms with van der Waals surface area (Å²) in [7, 11) is 0. The lowest BCUT2D eigenvalue weighted by Gasteiger charge is -2.04. The Morgan fingerprint density at radius 1 is 1.28 bits per heavy atom. The van der Waals surface area contributed by atoms with E-state index in [1.54, 1.807) is 11.3 Å². The molecule has 0 radical (unpaired) electrons. The summed E-state index contributed by atoms with van der Waals surface area (Å²) in [4.78, 5) is 6.32. The Kier molecular flexibility index (Phi) is 2.99. The summed E-state index contributed by atoms with van der Waals surface area (Å²) in [6.45, 7) is 0.535. The normalized spacial score (nSPS) is 13.7. The van der Waals surface area contributed by atoms with Gasteiger partial charge in [0.1, 0.15) is 5.82 Å². The smallest absolute Gasteiger partial charge is 0.168 e. The number of rotatable bonds is 3. The summed E-state index contributed by atoms with van der Waals surface area (Å²) in [6.07, 6.45) is 4.56. The number of hydrogen-bond donors (Lipinski definition) is 1. The van der Waals surface area contributed by atoms with Gasteiger partial charge in [0.2, 0.25) is 0 Å². The molecule has 2 nitrogen and oxygen atoms in total. The Bertz CT molecular complexity index is 559. The topological polar surface area (TPSA) is 24.9 Å². The zero-order valence-corrected chi connectivity index (χ0v) is 10.5. The van der Waals surface area contributed by atoms with E-state index in [4.69, 9.17) is 0 Å². The molecule has 0 aliphatic heterocycles. The summed E-state index contributed by atoms with van der Waals surface area (Å²) in [5.74, 6) is -1.21. The SMILES string of the molecule is Fc1cnc(NCc2cc3c(s2)CCC3)c(F)c1. The van der Waals surface area contributed by atoms with Gasteiger partial charge in [0.25, 0.3) is 0 Å². The van der Waals surface area contributed by atoms with Gasteiger partial charge in [0.05, 0.1) is 12.7 Å². The van der Waals surface area contributed by atoms with E-state index in [1.165, 1.54) is 21.7 Å². The third-order valence-corrected chi connectivity index (χ3v) is 4.27. The standard InChI is InChI=1S/C13H12F2N2S/c14-9-5-11(15)13(16-6-9)17-7-10-4-8-2-1-3-12(8)18-10/h4-6H,1-3,7H2,(H,16,17). The third kappa shape index (κ3) is 2.22. The molecule has 0 unspecified atom stereocenters. The fraction of sp³-hybridized carbons (Fsp3) is 0.308. The van der Waals surface area contributed by atoms with E-state index in [-0.39, 0.29) is 5.82 Å². The third-order valence-electron chi connectivity index (χ3n) is 3.04. The van der Waals surface area contributed by atoms with Crippen molar-refractivity contribution >= 4 is 17.2 Å². The second-order valence-corrected chi connectivity index (χ2v) is 5.57. The molecule has 2 heterocycles. The van der Waals surface area contributed by atoms with Crippen LogP contribution in [0.5, 0.6) is 0 Å². The zero-order chi connectivity index (χ0) is 12.5. The van der Waals surface area contributed by atoms with Gasteiger partial charge in [-0.2, -0.15) is 0 Å². The monoisotopic (exact) mass is 266 g/mol. The molecule has 3 rings (SSSR count). The molecule has 0 saturated carbocycles. The Hall–Kier alpha value is -1.49. The van der Waals surface area contributed by atoms with E-state index >= 15 is 0 Å². The lowest BCUT2D eigenvalue weighted by Crippen LogP contribution is -2.02. The van der Waals surface area contributed by atoms with Crippen molar-refractivity contribution in [2.75, 3.05) is 5.32 Å². The first-order valence-electron chi connectivity index (χ1n) is 5.88. The van der Waals surface area contributed by atoms with Crippen LogP contribution in [0.4, 0.5) is 14.6 Å². The molecule has 2 aromatic heterocycles. The molecule has 1 aliphatic carbocycles. The minimum atomic E-state index is -0.659. The molecule has 0 aromatic carbocycles. The van der Waals surface area contributed by atoms with E-state index in [9.17, 15) is 8.78 Å². The van der Waals surface area contributed by atoms with Crippen molar-refractivity contribution in [1.29, 1.82) is 0 Å². The second-order valence-electron chi connectivity index (χ2n) is 4.35. The van der Waals surface area contributed by atoms with Crippen molar-refractivity contribution in [3.63, 3.8) is 0 Å². The fourth-order valence-electron chi connectivity index (χ4n) is 2.19. The Morgan fingerprint density at radius 2 is 2.17 bits per heavy atom. The van der Waals surface area contributed by atoms with Crippen LogP contribution in [0.1, 0.15) is 21.7 Å². The van der Waals surface area contributed by atoms with Crippen molar-refractivity contribution in [2.24, 2.45) is 0 Å². The van der Waals surface area contributed by atoms with Gasteiger partial charge in [-0.05, 0) is 30.9 Å². The molecule has 2 aromatic rings. The van der Waals surface area contributed by atoms with Crippen LogP contribution < -0.4 is 5.32 Å². The van der Waals surface area contributed by atoms with E-state index in [0.29, 0.717) is 6.54 Å². The number of nitrogens with zero attached hydrogens (tertiary/aromatic N) is 1. The average Bonchev–Trinajstić information content (AvgIpc) is 2.88. The highest BCUT2D eigenvalue weighted by molar-refractivity contribution is 7.12. The maximum Gasteiger partial charge on any atom is 0.168 e. The van der Waals surface area contributed by atoms with Crippen LogP contribution in [0.3, 0.4) is 0 Å². The summed E-state index contributed by atoms with van der Waals surface area (Å²) in [5.41, 5.74) is 1.42. The van der Waals surface area contributed by atoms with Gasteiger partial charge in [-0.15, -0.1) is 11.3 Å². The van der Waals surface area contributed by atoms with Crippen LogP contribution >= 0.6 is 11.3 Å². The van der Waals surface area contributed by atoms with Crippen LogP contribution in [0, 0.1) is 11.6 Å². The van der Waals surface area contributed by atoms with Gasteiger partial charge in [-0.1, -0.05) is 0 Å². The van der Waals surface area contributed by atoms with E-state index < -0.39 is 11.6 Å². The number of pyridine rings is 1. The highest BCUT2D eigenvalue weighted by Crippen LogP contribution is 2.30. The Labute approximate surface area is 108 Å². The first-order chi connectivity index (χ1) is 8.72. The van der Waals surface area contributed by atoms with Crippen molar-refractivity contribution in [3.8, 4) is 0 Å². The first-order valence-corrected chi connectivity index (χ1v) is 6.69. The molecule has 0 amide bonds. The number of halogens is 2. The molecular formula is C13H12F2N2S. The maximum absolute atomic E-state index is 13.4. The summed E-state index contributed by atoms with van der Waals surface area (Å²) < 4.78 is 26.0. The highest BCUT2D eigenvalue weighted by Gasteiger charge is 2.14. The zero-order valence-electron chi connectivity index (χ0n) is 9.67. The lowest BCUT2D eigenvalue weighted by atomic mass is 10.2. The average molecular weight is 266 g/mol. The molecule has 0 fully saturated rings. The minimum Gasteiger partial charge on any atom is -0.363 e. The predicted molar refractivity (Wildman–Crippen MR) is 67.8 cm³/mol. The number of aryl methyl sites for hydroxylation is 2. The Morgan fingerprint density at radius 3 is 2.94 bits per heavy atom. The summed E-state index contributed by atoms with van der Waals surface area (Å²) >= 11 is 1.76. The molecule has 5 heteroatoms. The molecule has 18 heavy (non-hydrogen) atoms. The molecule has 0 spiro atoms. The van der Waals surface area contributed by atoms with Gasteiger partial charge >= 0.3 is 0 Å². The van der Waals surface area contributed by atoms with Crippen LogP contribution in [0.25, 0.3) is 0 Å². The maximum atomic E-state index is 13.4. The van der Waals surface area contributed by atoms with Crippen molar-refractivity contribution in [2.45, 2.75) is 25.8 Å². The van der Waals surface area contributed by atoms with Crippen molar-refractivity contribution < 1.29 is 8.78 Å².